The summed E-state index contributed by atoms with van der Waals surface area (Å²) in [7, 11) is 0. The van der Waals surface area contributed by atoms with Gasteiger partial charge in [-0.05, 0) is 33.3 Å². The summed E-state index contributed by atoms with van der Waals surface area (Å²) in [6, 6.07) is 1.81. The summed E-state index contributed by atoms with van der Waals surface area (Å²) in [4.78, 5) is 14.1. The Bertz CT molecular complexity index is 419. The maximum atomic E-state index is 12.5. The van der Waals surface area contributed by atoms with Crippen LogP contribution in [0.15, 0.2) is 6.07 Å². The van der Waals surface area contributed by atoms with Crippen molar-refractivity contribution in [3.05, 3.63) is 23.0 Å². The fourth-order valence-corrected chi connectivity index (χ4v) is 1.82. The van der Waals surface area contributed by atoms with Crippen LogP contribution in [0.3, 0.4) is 0 Å². The van der Waals surface area contributed by atoms with E-state index in [-0.39, 0.29) is 18.6 Å². The Labute approximate surface area is 108 Å². The van der Waals surface area contributed by atoms with Crippen molar-refractivity contribution < 1.29 is 9.90 Å². The first kappa shape index (κ1) is 14.6. The molecule has 0 unspecified atom stereocenters. The van der Waals surface area contributed by atoms with E-state index in [1.807, 2.05) is 27.7 Å². The summed E-state index contributed by atoms with van der Waals surface area (Å²) in [5, 5.41) is 17.1. The van der Waals surface area contributed by atoms with Crippen LogP contribution in [-0.2, 0) is 6.42 Å². The van der Waals surface area contributed by atoms with Crippen molar-refractivity contribution in [2.45, 2.75) is 40.2 Å². The Morgan fingerprint density at radius 3 is 2.61 bits per heavy atom. The van der Waals surface area contributed by atoms with Crippen molar-refractivity contribution in [1.82, 2.24) is 15.1 Å². The van der Waals surface area contributed by atoms with Gasteiger partial charge in [-0.15, -0.1) is 0 Å². The number of carbonyl (C=O) groups excluding carboxylic acids is 1. The third-order valence-corrected chi connectivity index (χ3v) is 2.78. The number of rotatable bonds is 5. The lowest BCUT2D eigenvalue weighted by Gasteiger charge is -2.26. The lowest BCUT2D eigenvalue weighted by atomic mass is 10.1. The molecule has 1 amide bonds. The standard InChI is InChI=1S/C13H21N3O2/c1-5-12-11(8-10(4)14-15-12)13(18)16(6-7-17)9(2)3/h8-9,17H,5-7H2,1-4H3. The normalized spacial score (nSPS) is 10.8. The van der Waals surface area contributed by atoms with Crippen LogP contribution < -0.4 is 0 Å². The second-order valence-corrected chi connectivity index (χ2v) is 4.52. The largest absolute Gasteiger partial charge is 0.395 e. The molecule has 0 spiro atoms. The highest BCUT2D eigenvalue weighted by Crippen LogP contribution is 2.13. The third kappa shape index (κ3) is 3.26. The minimum absolute atomic E-state index is 0.0388. The number of hydrogen-bond donors (Lipinski definition) is 1. The first-order chi connectivity index (χ1) is 8.51. The summed E-state index contributed by atoms with van der Waals surface area (Å²) in [6.07, 6.45) is 0.666. The zero-order valence-corrected chi connectivity index (χ0v) is 11.5. The van der Waals surface area contributed by atoms with Crippen LogP contribution >= 0.6 is 0 Å². The van der Waals surface area contributed by atoms with Crippen LogP contribution in [0.4, 0.5) is 0 Å². The number of aliphatic hydroxyl groups is 1. The minimum Gasteiger partial charge on any atom is -0.395 e. The van der Waals surface area contributed by atoms with Gasteiger partial charge in [0.2, 0.25) is 0 Å². The van der Waals surface area contributed by atoms with Crippen LogP contribution in [0.1, 0.15) is 42.5 Å². The van der Waals surface area contributed by atoms with Gasteiger partial charge >= 0.3 is 0 Å². The molecule has 1 rings (SSSR count). The second kappa shape index (κ2) is 6.44. The molecule has 0 saturated carbocycles. The molecular formula is C13H21N3O2. The van der Waals surface area contributed by atoms with E-state index in [2.05, 4.69) is 10.2 Å². The number of nitrogens with zero attached hydrogens (tertiary/aromatic N) is 3. The van der Waals surface area contributed by atoms with Crippen LogP contribution in [0, 0.1) is 6.92 Å². The maximum absolute atomic E-state index is 12.5. The third-order valence-electron chi connectivity index (χ3n) is 2.78. The maximum Gasteiger partial charge on any atom is 0.256 e. The van der Waals surface area contributed by atoms with Gasteiger partial charge in [-0.3, -0.25) is 4.79 Å². The molecule has 0 fully saturated rings. The van der Waals surface area contributed by atoms with E-state index < -0.39 is 0 Å². The lowest BCUT2D eigenvalue weighted by molar-refractivity contribution is 0.0663. The molecule has 1 aromatic heterocycles. The van der Waals surface area contributed by atoms with Crippen molar-refractivity contribution in [2.24, 2.45) is 0 Å². The number of aryl methyl sites for hydroxylation is 2. The molecule has 5 nitrogen and oxygen atoms in total. The van der Waals surface area contributed by atoms with Gasteiger partial charge in [0, 0.05) is 12.6 Å². The van der Waals surface area contributed by atoms with Gasteiger partial charge in [0.15, 0.2) is 0 Å². The van der Waals surface area contributed by atoms with Gasteiger partial charge < -0.3 is 10.0 Å². The number of carbonyl (C=O) groups is 1. The first-order valence-electron chi connectivity index (χ1n) is 6.26. The smallest absolute Gasteiger partial charge is 0.256 e. The van der Waals surface area contributed by atoms with Crippen LogP contribution in [0.5, 0.6) is 0 Å². The van der Waals surface area contributed by atoms with E-state index in [0.717, 1.165) is 5.69 Å². The summed E-state index contributed by atoms with van der Waals surface area (Å²) >= 11 is 0. The highest BCUT2D eigenvalue weighted by Gasteiger charge is 2.21. The molecule has 0 aromatic carbocycles. The summed E-state index contributed by atoms with van der Waals surface area (Å²) in [5.41, 5.74) is 2.02. The van der Waals surface area contributed by atoms with Gasteiger partial charge in [0.1, 0.15) is 0 Å². The fraction of sp³-hybridized carbons (Fsp3) is 0.615. The Balaban J connectivity index is 3.11. The lowest BCUT2D eigenvalue weighted by Crippen LogP contribution is -2.39. The summed E-state index contributed by atoms with van der Waals surface area (Å²) in [6.45, 7) is 7.92. The quantitative estimate of drug-likeness (QED) is 0.853. The minimum atomic E-state index is -0.0890. The molecule has 0 aliphatic rings. The van der Waals surface area contributed by atoms with Crippen LogP contribution in [0.2, 0.25) is 0 Å². The second-order valence-electron chi connectivity index (χ2n) is 4.52. The van der Waals surface area contributed by atoms with Gasteiger partial charge in [-0.1, -0.05) is 6.92 Å². The van der Waals surface area contributed by atoms with Gasteiger partial charge in [-0.2, -0.15) is 10.2 Å². The Kier molecular flexibility index (Phi) is 5.22. The molecule has 1 heterocycles. The van der Waals surface area contributed by atoms with Crippen LogP contribution in [0.25, 0.3) is 0 Å². The topological polar surface area (TPSA) is 66.3 Å². The van der Waals surface area contributed by atoms with E-state index in [4.69, 9.17) is 5.11 Å². The number of hydrogen-bond acceptors (Lipinski definition) is 4. The van der Waals surface area contributed by atoms with E-state index in [1.54, 1.807) is 11.0 Å². The first-order valence-corrected chi connectivity index (χ1v) is 6.26. The Morgan fingerprint density at radius 1 is 1.44 bits per heavy atom. The highest BCUT2D eigenvalue weighted by molar-refractivity contribution is 5.95. The van der Waals surface area contributed by atoms with Gasteiger partial charge in [0.05, 0.1) is 23.6 Å². The summed E-state index contributed by atoms with van der Waals surface area (Å²) in [5.74, 6) is -0.0890. The van der Waals surface area contributed by atoms with Gasteiger partial charge in [-0.25, -0.2) is 0 Å². The predicted molar refractivity (Wildman–Crippen MR) is 69.4 cm³/mol. The monoisotopic (exact) mass is 251 g/mol. The molecule has 0 aliphatic carbocycles. The van der Waals surface area contributed by atoms with Gasteiger partial charge in [0.25, 0.3) is 5.91 Å². The molecule has 100 valence electrons. The Hall–Kier alpha value is -1.49. The molecule has 0 bridgehead atoms. The number of amides is 1. The van der Waals surface area contributed by atoms with Crippen molar-refractivity contribution in [3.63, 3.8) is 0 Å². The Morgan fingerprint density at radius 2 is 2.11 bits per heavy atom. The van der Waals surface area contributed by atoms with E-state index in [1.165, 1.54) is 0 Å². The molecule has 5 heteroatoms. The molecule has 1 N–H and O–H groups in total. The van der Waals surface area contributed by atoms with Crippen molar-refractivity contribution in [3.8, 4) is 0 Å². The van der Waals surface area contributed by atoms with Crippen molar-refractivity contribution >= 4 is 5.91 Å². The zero-order valence-electron chi connectivity index (χ0n) is 11.5. The molecule has 0 atom stereocenters. The average molecular weight is 251 g/mol. The fourth-order valence-electron chi connectivity index (χ4n) is 1.82. The van der Waals surface area contributed by atoms with Crippen molar-refractivity contribution in [1.29, 1.82) is 0 Å². The zero-order chi connectivity index (χ0) is 13.7. The average Bonchev–Trinajstić information content (AvgIpc) is 2.34. The molecule has 18 heavy (non-hydrogen) atoms. The molecular weight excluding hydrogens is 230 g/mol. The molecule has 0 radical (unpaired) electrons. The SMILES string of the molecule is CCc1nnc(C)cc1C(=O)N(CCO)C(C)C. The molecule has 1 aromatic rings. The van der Waals surface area contributed by atoms with Crippen molar-refractivity contribution in [2.75, 3.05) is 13.2 Å². The number of aliphatic hydroxyl groups excluding tert-OH is 1. The van der Waals surface area contributed by atoms with E-state index in [0.29, 0.717) is 24.2 Å². The number of aromatic nitrogens is 2. The van der Waals surface area contributed by atoms with Crippen LogP contribution in [-0.4, -0.2) is 45.3 Å². The molecule has 0 saturated heterocycles. The van der Waals surface area contributed by atoms with E-state index in [9.17, 15) is 4.79 Å². The van der Waals surface area contributed by atoms with E-state index >= 15 is 0 Å². The molecule has 0 aliphatic heterocycles. The highest BCUT2D eigenvalue weighted by atomic mass is 16.3. The predicted octanol–water partition coefficient (Wildman–Crippen LogP) is 1.19. The summed E-state index contributed by atoms with van der Waals surface area (Å²) < 4.78 is 0.